The molecule has 0 aliphatic heterocycles. The molecule has 0 aliphatic rings. The Morgan fingerprint density at radius 2 is 1.27 bits per heavy atom. The molecule has 15 heteroatoms. The van der Waals surface area contributed by atoms with E-state index in [2.05, 4.69) is 32.8 Å². The first kappa shape index (κ1) is 42.0. The van der Waals surface area contributed by atoms with Crippen LogP contribution < -0.4 is 16.1 Å². The van der Waals surface area contributed by atoms with Crippen molar-refractivity contribution in [3.05, 3.63) is 36.0 Å². The number of fused-ring (bicyclic) bond motifs is 1. The van der Waals surface area contributed by atoms with Crippen LogP contribution in [0, 0.1) is 0 Å². The number of carbonyl (C=O) groups excluding carboxylic acids is 3. The van der Waals surface area contributed by atoms with Gasteiger partial charge in [-0.3, -0.25) is 19.8 Å². The predicted octanol–water partition coefficient (Wildman–Crippen LogP) is 0.798. The maximum Gasteiger partial charge on any atom is 0.239 e. The summed E-state index contributed by atoms with van der Waals surface area (Å²) in [7, 11) is 5.61. The fourth-order valence-electron chi connectivity index (χ4n) is 4.52. The van der Waals surface area contributed by atoms with Gasteiger partial charge in [0.15, 0.2) is 0 Å². The quantitative estimate of drug-likeness (QED) is 0.0786. The Hall–Kier alpha value is -3.15. The third kappa shape index (κ3) is 19.0. The minimum absolute atomic E-state index is 0.0769. The zero-order chi connectivity index (χ0) is 35.5. The predicted molar refractivity (Wildman–Crippen MR) is 186 cm³/mol. The van der Waals surface area contributed by atoms with Gasteiger partial charge in [-0.05, 0) is 31.5 Å². The molecular weight excluding hydrogens is 636 g/mol. The molecule has 2 rings (SSSR count). The number of para-hydroxylation sites is 1. The van der Waals surface area contributed by atoms with Crippen molar-refractivity contribution < 1.29 is 42.8 Å². The van der Waals surface area contributed by atoms with E-state index in [1.807, 2.05) is 44.2 Å². The van der Waals surface area contributed by atoms with Crippen molar-refractivity contribution in [2.75, 3.05) is 120 Å². The Kier molecular flexibility index (Phi) is 22.9. The molecule has 0 spiro atoms. The number of aromatic nitrogens is 1. The third-order valence-corrected chi connectivity index (χ3v) is 7.47. The van der Waals surface area contributed by atoms with Gasteiger partial charge in [0.25, 0.3) is 0 Å². The van der Waals surface area contributed by atoms with Crippen LogP contribution in [0.4, 0.5) is 0 Å². The fourth-order valence-corrected chi connectivity index (χ4v) is 4.52. The van der Waals surface area contributed by atoms with Gasteiger partial charge in [0, 0.05) is 51.4 Å². The molecule has 0 fully saturated rings. The minimum atomic E-state index is -0.268. The second-order valence-electron chi connectivity index (χ2n) is 11.1. The van der Waals surface area contributed by atoms with Crippen LogP contribution >= 0.6 is 0 Å². The summed E-state index contributed by atoms with van der Waals surface area (Å²) in [6, 6.07) is 10.2. The highest BCUT2D eigenvalue weighted by atomic mass is 16.6. The van der Waals surface area contributed by atoms with Crippen molar-refractivity contribution >= 4 is 28.6 Å². The Morgan fingerprint density at radius 3 is 1.84 bits per heavy atom. The molecule has 3 amide bonds. The van der Waals surface area contributed by atoms with Gasteiger partial charge in [-0.15, -0.1) is 0 Å². The van der Waals surface area contributed by atoms with Gasteiger partial charge < -0.3 is 48.5 Å². The van der Waals surface area contributed by atoms with Crippen LogP contribution in [0.5, 0.6) is 0 Å². The summed E-state index contributed by atoms with van der Waals surface area (Å²) in [6.07, 6.45) is 0.644. The van der Waals surface area contributed by atoms with Gasteiger partial charge >= 0.3 is 0 Å². The van der Waals surface area contributed by atoms with E-state index in [-0.39, 0.29) is 30.7 Å². The zero-order valence-electron chi connectivity index (χ0n) is 29.8. The largest absolute Gasteiger partial charge is 0.379 e. The van der Waals surface area contributed by atoms with Crippen molar-refractivity contribution in [3.63, 3.8) is 0 Å². The smallest absolute Gasteiger partial charge is 0.239 e. The number of benzene rings is 1. The van der Waals surface area contributed by atoms with E-state index in [1.165, 1.54) is 0 Å². The molecule has 0 radical (unpaired) electrons. The lowest BCUT2D eigenvalue weighted by molar-refractivity contribution is -0.131. The van der Waals surface area contributed by atoms with E-state index in [9.17, 15) is 14.4 Å². The second kappa shape index (κ2) is 26.7. The second-order valence-corrected chi connectivity index (χ2v) is 11.1. The molecule has 0 saturated carbocycles. The number of ether oxygens (including phenoxy) is 6. The molecule has 1 aromatic heterocycles. The Morgan fingerprint density at radius 1 is 0.714 bits per heavy atom. The standard InChI is InChI=1S/C34H58N6O9/c1-5-38(3)34(43)11-14-44-16-18-46-20-22-48-24-25-49-23-21-47-19-17-45-15-12-36-33(42)27-37-32(41)10-13-40-30(28-39(4)35-2)26-29-8-6-7-9-31(29)40/h6-9,26,35H,5,10-25,27-28H2,1-4H3,(H,36,42)(H,37,41). The van der Waals surface area contributed by atoms with Crippen LogP contribution in [-0.2, 0) is 55.9 Å². The van der Waals surface area contributed by atoms with Crippen molar-refractivity contribution in [1.82, 2.24) is 30.5 Å². The van der Waals surface area contributed by atoms with Crippen molar-refractivity contribution in [1.29, 1.82) is 0 Å². The van der Waals surface area contributed by atoms with E-state index < -0.39 is 0 Å². The molecule has 1 heterocycles. The number of carbonyl (C=O) groups is 3. The topological polar surface area (TPSA) is 154 Å². The molecule has 0 atom stereocenters. The number of hydrogen-bond donors (Lipinski definition) is 3. The average molecular weight is 695 g/mol. The monoisotopic (exact) mass is 694 g/mol. The molecule has 1 aromatic carbocycles. The van der Waals surface area contributed by atoms with Crippen LogP contribution in [0.3, 0.4) is 0 Å². The zero-order valence-corrected chi connectivity index (χ0v) is 29.8. The Labute approximate surface area is 290 Å². The number of nitrogens with one attached hydrogen (secondary N) is 3. The van der Waals surface area contributed by atoms with Gasteiger partial charge in [-0.1, -0.05) is 18.2 Å². The Balaban J connectivity index is 1.35. The Bertz CT molecular complexity index is 1200. The van der Waals surface area contributed by atoms with Crippen molar-refractivity contribution in [3.8, 4) is 0 Å². The molecule has 0 aliphatic carbocycles. The summed E-state index contributed by atoms with van der Waals surface area (Å²) in [6.45, 7) is 9.31. The molecule has 2 aromatic rings. The van der Waals surface area contributed by atoms with Crippen molar-refractivity contribution in [2.45, 2.75) is 32.9 Å². The van der Waals surface area contributed by atoms with Crippen molar-refractivity contribution in [2.24, 2.45) is 0 Å². The number of amides is 3. The first-order valence-corrected chi connectivity index (χ1v) is 17.0. The van der Waals surface area contributed by atoms with E-state index >= 15 is 0 Å². The number of rotatable bonds is 30. The lowest BCUT2D eigenvalue weighted by atomic mass is 10.2. The summed E-state index contributed by atoms with van der Waals surface area (Å²) >= 11 is 0. The molecular formula is C34H58N6O9. The van der Waals surface area contributed by atoms with E-state index in [0.717, 1.165) is 16.6 Å². The summed E-state index contributed by atoms with van der Waals surface area (Å²) in [5, 5.41) is 8.54. The highest BCUT2D eigenvalue weighted by molar-refractivity contribution is 5.85. The highest BCUT2D eigenvalue weighted by Gasteiger charge is 2.12. The van der Waals surface area contributed by atoms with E-state index in [4.69, 9.17) is 28.4 Å². The van der Waals surface area contributed by atoms with Crippen LogP contribution in [0.15, 0.2) is 30.3 Å². The van der Waals surface area contributed by atoms with E-state index in [0.29, 0.717) is 112 Å². The number of hydrogen-bond acceptors (Lipinski definition) is 11. The molecule has 15 nitrogen and oxygen atoms in total. The fraction of sp³-hybridized carbons (Fsp3) is 0.676. The lowest BCUT2D eigenvalue weighted by Gasteiger charge is -2.17. The normalized spacial score (nSPS) is 11.4. The molecule has 3 N–H and O–H groups in total. The molecule has 0 saturated heterocycles. The maximum absolute atomic E-state index is 12.5. The van der Waals surface area contributed by atoms with Gasteiger partial charge in [-0.25, -0.2) is 5.01 Å². The SMILES string of the molecule is CCN(C)C(=O)CCOCCOCCOCCOCCOCCOCCNC(=O)CNC(=O)CCn1c(CN(C)NC)cc2ccccc21. The maximum atomic E-state index is 12.5. The first-order valence-electron chi connectivity index (χ1n) is 17.0. The lowest BCUT2D eigenvalue weighted by Crippen LogP contribution is -2.38. The first-order chi connectivity index (χ1) is 23.8. The number of aryl methyl sites for hydroxylation is 1. The van der Waals surface area contributed by atoms with Gasteiger partial charge in [0.2, 0.25) is 17.7 Å². The van der Waals surface area contributed by atoms with Gasteiger partial charge in [0.05, 0.1) is 98.8 Å². The van der Waals surface area contributed by atoms with Gasteiger partial charge in [0.1, 0.15) is 0 Å². The molecule has 0 unspecified atom stereocenters. The average Bonchev–Trinajstić information content (AvgIpc) is 3.46. The third-order valence-electron chi connectivity index (χ3n) is 7.47. The number of nitrogens with zero attached hydrogens (tertiary/aromatic N) is 3. The number of hydrazine groups is 1. The summed E-state index contributed by atoms with van der Waals surface area (Å²) < 4.78 is 34.9. The summed E-state index contributed by atoms with van der Waals surface area (Å²) in [5.74, 6) is -0.375. The molecule has 0 bridgehead atoms. The molecule has 49 heavy (non-hydrogen) atoms. The van der Waals surface area contributed by atoms with Gasteiger partial charge in [-0.2, -0.15) is 0 Å². The van der Waals surface area contributed by atoms with Crippen LogP contribution in [-0.4, -0.2) is 152 Å². The summed E-state index contributed by atoms with van der Waals surface area (Å²) in [4.78, 5) is 37.9. The van der Waals surface area contributed by atoms with Crippen LogP contribution in [0.1, 0.15) is 25.5 Å². The van der Waals surface area contributed by atoms with Crippen LogP contribution in [0.25, 0.3) is 10.9 Å². The van der Waals surface area contributed by atoms with Crippen LogP contribution in [0.2, 0.25) is 0 Å². The minimum Gasteiger partial charge on any atom is -0.379 e. The van der Waals surface area contributed by atoms with E-state index in [1.54, 1.807) is 11.9 Å². The highest BCUT2D eigenvalue weighted by Crippen LogP contribution is 2.21. The molecule has 278 valence electrons. The summed E-state index contributed by atoms with van der Waals surface area (Å²) in [5.41, 5.74) is 5.28.